The van der Waals surface area contributed by atoms with Crippen molar-refractivity contribution in [2.45, 2.75) is 45.1 Å². The molecule has 33 heavy (non-hydrogen) atoms. The predicted molar refractivity (Wildman–Crippen MR) is 130 cm³/mol. The minimum atomic E-state index is -0.115. The zero-order chi connectivity index (χ0) is 22.9. The summed E-state index contributed by atoms with van der Waals surface area (Å²) in [5.41, 5.74) is 4.43. The number of benzene rings is 2. The predicted octanol–water partition coefficient (Wildman–Crippen LogP) is 5.51. The lowest BCUT2D eigenvalue weighted by molar-refractivity contribution is 0.102. The van der Waals surface area contributed by atoms with Gasteiger partial charge in [0.25, 0.3) is 5.91 Å². The molecule has 4 aromatic rings. The number of amides is 1. The number of carbonyl (C=O) groups excluding carboxylic acids is 1. The molecular weight excluding hydrogens is 414 g/mol. The minimum absolute atomic E-state index is 0.115. The molecular formula is C26H29N5O2. The van der Waals surface area contributed by atoms with Crippen LogP contribution >= 0.6 is 0 Å². The van der Waals surface area contributed by atoms with Gasteiger partial charge in [0.1, 0.15) is 12.1 Å². The van der Waals surface area contributed by atoms with E-state index in [1.165, 1.54) is 19.3 Å². The molecule has 0 saturated heterocycles. The summed E-state index contributed by atoms with van der Waals surface area (Å²) in [5.74, 6) is 1.39. The fraction of sp³-hybridized carbons (Fsp3) is 0.346. The van der Waals surface area contributed by atoms with Crippen LogP contribution < -0.4 is 10.1 Å². The van der Waals surface area contributed by atoms with Crippen LogP contribution in [0.2, 0.25) is 0 Å². The Morgan fingerprint density at radius 1 is 1.12 bits per heavy atom. The van der Waals surface area contributed by atoms with Crippen LogP contribution in [0.15, 0.2) is 48.8 Å². The Morgan fingerprint density at radius 2 is 1.94 bits per heavy atom. The molecule has 0 aliphatic heterocycles. The molecule has 0 spiro atoms. The molecule has 1 fully saturated rings. The first kappa shape index (κ1) is 21.2. The summed E-state index contributed by atoms with van der Waals surface area (Å²) in [6.07, 6.45) is 7.72. The number of aryl methyl sites for hydroxylation is 1. The normalized spacial score (nSPS) is 14.5. The third-order valence-electron chi connectivity index (χ3n) is 6.71. The first-order valence-corrected chi connectivity index (χ1v) is 11.5. The summed E-state index contributed by atoms with van der Waals surface area (Å²) in [6, 6.07) is 14.2. The monoisotopic (exact) mass is 443 g/mol. The van der Waals surface area contributed by atoms with Gasteiger partial charge >= 0.3 is 0 Å². The van der Waals surface area contributed by atoms with Crippen LogP contribution in [-0.2, 0) is 7.05 Å². The number of fused-ring (bicyclic) bond motifs is 1. The van der Waals surface area contributed by atoms with Gasteiger partial charge in [0.05, 0.1) is 12.7 Å². The van der Waals surface area contributed by atoms with Crippen molar-refractivity contribution in [3.8, 4) is 17.1 Å². The standard InChI is InChI=1S/C26H29N5O2/c1-17-24(26(32)28-19-9-7-8-18(14-19)25-29-27-16-30(25)2)22-15-21(33-3)12-13-23(22)31(17)20-10-5-4-6-11-20/h7-9,12-16,20H,4-6,10-11H2,1-3H3,(H,28,32). The van der Waals surface area contributed by atoms with E-state index >= 15 is 0 Å². The van der Waals surface area contributed by atoms with Crippen LogP contribution in [0.5, 0.6) is 5.75 Å². The Hall–Kier alpha value is -3.61. The van der Waals surface area contributed by atoms with E-state index in [1.807, 2.05) is 48.0 Å². The Bertz CT molecular complexity index is 1310. The fourth-order valence-electron chi connectivity index (χ4n) is 5.12. The molecule has 1 aliphatic rings. The summed E-state index contributed by atoms with van der Waals surface area (Å²) in [6.45, 7) is 2.06. The Balaban J connectivity index is 1.54. The molecule has 0 atom stereocenters. The summed E-state index contributed by atoms with van der Waals surface area (Å²) >= 11 is 0. The highest BCUT2D eigenvalue weighted by Crippen LogP contribution is 2.37. The summed E-state index contributed by atoms with van der Waals surface area (Å²) < 4.78 is 9.71. The van der Waals surface area contributed by atoms with Crippen molar-refractivity contribution in [1.29, 1.82) is 0 Å². The van der Waals surface area contributed by atoms with Crippen LogP contribution in [0.25, 0.3) is 22.3 Å². The van der Waals surface area contributed by atoms with E-state index in [-0.39, 0.29) is 5.91 Å². The quantitative estimate of drug-likeness (QED) is 0.441. The fourth-order valence-corrected chi connectivity index (χ4v) is 5.12. The van der Waals surface area contributed by atoms with Crippen molar-refractivity contribution in [3.05, 3.63) is 60.0 Å². The average Bonchev–Trinajstić information content (AvgIpc) is 3.39. The van der Waals surface area contributed by atoms with Gasteiger partial charge in [0.15, 0.2) is 5.82 Å². The Labute approximate surface area is 193 Å². The van der Waals surface area contributed by atoms with Gasteiger partial charge in [-0.15, -0.1) is 10.2 Å². The second-order valence-electron chi connectivity index (χ2n) is 8.81. The second-order valence-corrected chi connectivity index (χ2v) is 8.81. The molecule has 7 heteroatoms. The van der Waals surface area contributed by atoms with Crippen molar-refractivity contribution in [1.82, 2.24) is 19.3 Å². The zero-order valence-electron chi connectivity index (χ0n) is 19.3. The summed E-state index contributed by atoms with van der Waals surface area (Å²) in [5, 5.41) is 12.2. The second kappa shape index (κ2) is 8.73. The van der Waals surface area contributed by atoms with Crippen molar-refractivity contribution >= 4 is 22.5 Å². The Morgan fingerprint density at radius 3 is 2.67 bits per heavy atom. The topological polar surface area (TPSA) is 74.0 Å². The zero-order valence-corrected chi connectivity index (χ0v) is 19.3. The first-order valence-electron chi connectivity index (χ1n) is 11.5. The molecule has 7 nitrogen and oxygen atoms in total. The molecule has 1 N–H and O–H groups in total. The number of aromatic nitrogens is 4. The lowest BCUT2D eigenvalue weighted by Gasteiger charge is -2.26. The molecule has 170 valence electrons. The van der Waals surface area contributed by atoms with Crippen LogP contribution in [-0.4, -0.2) is 32.3 Å². The van der Waals surface area contributed by atoms with Gasteiger partial charge in [-0.25, -0.2) is 0 Å². The maximum atomic E-state index is 13.6. The maximum Gasteiger partial charge on any atom is 0.258 e. The lowest BCUT2D eigenvalue weighted by Crippen LogP contribution is -2.16. The average molecular weight is 444 g/mol. The van der Waals surface area contributed by atoms with Crippen LogP contribution in [0.3, 0.4) is 0 Å². The van der Waals surface area contributed by atoms with E-state index in [0.29, 0.717) is 11.6 Å². The highest BCUT2D eigenvalue weighted by Gasteiger charge is 2.26. The van der Waals surface area contributed by atoms with Crippen LogP contribution in [0.4, 0.5) is 5.69 Å². The summed E-state index contributed by atoms with van der Waals surface area (Å²) in [7, 11) is 3.56. The molecule has 0 bridgehead atoms. The lowest BCUT2D eigenvalue weighted by atomic mass is 9.95. The van der Waals surface area contributed by atoms with Gasteiger partial charge in [0, 0.05) is 40.9 Å². The number of nitrogens with one attached hydrogen (secondary N) is 1. The number of rotatable bonds is 5. The number of anilines is 1. The van der Waals surface area contributed by atoms with E-state index in [1.54, 1.807) is 13.4 Å². The molecule has 5 rings (SSSR count). The van der Waals surface area contributed by atoms with E-state index < -0.39 is 0 Å². The van der Waals surface area contributed by atoms with Gasteiger partial charge in [-0.2, -0.15) is 0 Å². The van der Waals surface area contributed by atoms with Crippen LogP contribution in [0.1, 0.15) is 54.2 Å². The molecule has 1 saturated carbocycles. The van der Waals surface area contributed by atoms with Gasteiger partial charge < -0.3 is 19.2 Å². The molecule has 0 unspecified atom stereocenters. The van der Waals surface area contributed by atoms with E-state index in [9.17, 15) is 4.79 Å². The highest BCUT2D eigenvalue weighted by atomic mass is 16.5. The van der Waals surface area contributed by atoms with Crippen molar-refractivity contribution in [3.63, 3.8) is 0 Å². The van der Waals surface area contributed by atoms with Gasteiger partial charge in [0.2, 0.25) is 0 Å². The number of nitrogens with zero attached hydrogens (tertiary/aromatic N) is 4. The van der Waals surface area contributed by atoms with Gasteiger partial charge in [-0.05, 0) is 50.1 Å². The van der Waals surface area contributed by atoms with Crippen molar-refractivity contribution in [2.24, 2.45) is 7.05 Å². The third-order valence-corrected chi connectivity index (χ3v) is 6.71. The van der Waals surface area contributed by atoms with E-state index in [4.69, 9.17) is 4.74 Å². The number of carbonyl (C=O) groups is 1. The molecule has 0 radical (unpaired) electrons. The molecule has 2 aromatic carbocycles. The van der Waals surface area contributed by atoms with Crippen molar-refractivity contribution in [2.75, 3.05) is 12.4 Å². The first-order chi connectivity index (χ1) is 16.1. The molecule has 2 aromatic heterocycles. The largest absolute Gasteiger partial charge is 0.497 e. The number of methoxy groups -OCH3 is 1. The smallest absolute Gasteiger partial charge is 0.258 e. The van der Waals surface area contributed by atoms with E-state index in [0.717, 1.165) is 52.3 Å². The molecule has 1 aliphatic carbocycles. The van der Waals surface area contributed by atoms with Crippen molar-refractivity contribution < 1.29 is 9.53 Å². The minimum Gasteiger partial charge on any atom is -0.497 e. The molecule has 1 amide bonds. The Kier molecular flexibility index (Phi) is 5.62. The SMILES string of the molecule is COc1ccc2c(c1)c(C(=O)Nc1cccc(-c3nncn3C)c1)c(C)n2C1CCCCC1. The van der Waals surface area contributed by atoms with Crippen LogP contribution in [0, 0.1) is 6.92 Å². The number of hydrogen-bond donors (Lipinski definition) is 1. The summed E-state index contributed by atoms with van der Waals surface area (Å²) in [4.78, 5) is 13.6. The highest BCUT2D eigenvalue weighted by molar-refractivity contribution is 6.14. The molecule has 2 heterocycles. The maximum absolute atomic E-state index is 13.6. The van der Waals surface area contributed by atoms with Gasteiger partial charge in [-0.3, -0.25) is 4.79 Å². The van der Waals surface area contributed by atoms with Gasteiger partial charge in [-0.1, -0.05) is 31.4 Å². The number of ether oxygens (including phenoxy) is 1. The van der Waals surface area contributed by atoms with E-state index in [2.05, 4.69) is 33.1 Å². The third kappa shape index (κ3) is 3.88. The number of hydrogen-bond acceptors (Lipinski definition) is 4.